The van der Waals surface area contributed by atoms with Crippen molar-refractivity contribution in [3.8, 4) is 11.1 Å². The minimum Gasteiger partial charge on any atom is -0.355 e. The quantitative estimate of drug-likeness (QED) is 0.250. The monoisotopic (exact) mass is 446 g/mol. The number of amides is 1. The molecule has 0 radical (unpaired) electrons. The van der Waals surface area contributed by atoms with Crippen molar-refractivity contribution in [1.82, 2.24) is 14.5 Å². The summed E-state index contributed by atoms with van der Waals surface area (Å²) in [6, 6.07) is 16.5. The number of H-pyrrole nitrogens is 1. The number of carbonyl (C=O) groups is 2. The van der Waals surface area contributed by atoms with Gasteiger partial charge in [0.1, 0.15) is 11.0 Å². The van der Waals surface area contributed by atoms with E-state index in [0.29, 0.717) is 34.0 Å². The summed E-state index contributed by atoms with van der Waals surface area (Å²) in [6.07, 6.45) is 1.79. The molecule has 4 rings (SSSR count). The number of Topliss-reactive ketones (excluding diaryl/α,β-unsaturated/α-hetero) is 1. The first kappa shape index (κ1) is 21.6. The topological polar surface area (TPSA) is 96.8 Å². The van der Waals surface area contributed by atoms with Crippen molar-refractivity contribution >= 4 is 40.2 Å². The number of nitrogens with zero attached hydrogens (tertiary/aromatic N) is 2. The summed E-state index contributed by atoms with van der Waals surface area (Å²) >= 11 is 1.20. The van der Waals surface area contributed by atoms with Crippen molar-refractivity contribution in [2.75, 3.05) is 11.1 Å². The molecule has 162 valence electrons. The fourth-order valence-electron chi connectivity index (χ4n) is 3.44. The number of aromatic amines is 1. The predicted octanol–water partition coefficient (Wildman–Crippen LogP) is 4.34. The number of benzene rings is 2. The third-order valence-corrected chi connectivity index (χ3v) is 6.01. The number of ketones is 1. The van der Waals surface area contributed by atoms with Crippen LogP contribution in [0.15, 0.2) is 70.7 Å². The molecule has 4 aromatic rings. The standard InChI is InChI=1S/C24H22N4O3S/c1-3-28-23(31)22-21(19(13-25-22)16-8-5-4-6-9-16)27-24(28)32-14-20(30)26-18-11-7-10-17(12-18)15(2)29/h4-13,25H,3,14H2,1-2H3,(H,26,30). The fourth-order valence-corrected chi connectivity index (χ4v) is 4.30. The van der Waals surface area contributed by atoms with Crippen LogP contribution >= 0.6 is 11.8 Å². The van der Waals surface area contributed by atoms with Gasteiger partial charge >= 0.3 is 0 Å². The molecule has 2 N–H and O–H groups in total. The maximum atomic E-state index is 13.0. The molecule has 2 heterocycles. The first-order valence-corrected chi connectivity index (χ1v) is 11.2. The van der Waals surface area contributed by atoms with Gasteiger partial charge in [0, 0.05) is 29.6 Å². The summed E-state index contributed by atoms with van der Waals surface area (Å²) in [5.74, 6) is -0.237. The van der Waals surface area contributed by atoms with E-state index in [1.165, 1.54) is 18.7 Å². The van der Waals surface area contributed by atoms with E-state index >= 15 is 0 Å². The zero-order valence-corrected chi connectivity index (χ0v) is 18.5. The SMILES string of the molecule is CCn1c(SCC(=O)Nc2cccc(C(C)=O)c2)nc2c(-c3ccccc3)c[nH]c2c1=O. The van der Waals surface area contributed by atoms with Crippen molar-refractivity contribution in [2.24, 2.45) is 0 Å². The number of fused-ring (bicyclic) bond motifs is 1. The summed E-state index contributed by atoms with van der Waals surface area (Å²) in [4.78, 5) is 44.9. The van der Waals surface area contributed by atoms with Crippen LogP contribution in [0.3, 0.4) is 0 Å². The molecule has 0 unspecified atom stereocenters. The van der Waals surface area contributed by atoms with E-state index in [0.717, 1.165) is 11.1 Å². The summed E-state index contributed by atoms with van der Waals surface area (Å²) in [7, 11) is 0. The van der Waals surface area contributed by atoms with Crippen LogP contribution < -0.4 is 10.9 Å². The van der Waals surface area contributed by atoms with Gasteiger partial charge in [-0.15, -0.1) is 0 Å². The molecule has 8 heteroatoms. The Morgan fingerprint density at radius 2 is 1.91 bits per heavy atom. The Morgan fingerprint density at radius 1 is 1.12 bits per heavy atom. The molecule has 2 aromatic heterocycles. The van der Waals surface area contributed by atoms with Crippen LogP contribution in [0.25, 0.3) is 22.2 Å². The first-order valence-electron chi connectivity index (χ1n) is 10.2. The molecular weight excluding hydrogens is 424 g/mol. The second kappa shape index (κ2) is 9.23. The van der Waals surface area contributed by atoms with Gasteiger partial charge in [0.2, 0.25) is 5.91 Å². The van der Waals surface area contributed by atoms with Crippen LogP contribution in [0.2, 0.25) is 0 Å². The second-order valence-corrected chi connectivity index (χ2v) is 8.15. The Labute approximate surface area is 188 Å². The number of thioether (sulfide) groups is 1. The van der Waals surface area contributed by atoms with Crippen LogP contribution in [-0.2, 0) is 11.3 Å². The first-order chi connectivity index (χ1) is 15.5. The highest BCUT2D eigenvalue weighted by Gasteiger charge is 2.17. The predicted molar refractivity (Wildman–Crippen MR) is 127 cm³/mol. The molecule has 32 heavy (non-hydrogen) atoms. The zero-order valence-electron chi connectivity index (χ0n) is 17.7. The van der Waals surface area contributed by atoms with E-state index in [2.05, 4.69) is 10.3 Å². The Morgan fingerprint density at radius 3 is 2.62 bits per heavy atom. The van der Waals surface area contributed by atoms with Crippen molar-refractivity contribution in [3.63, 3.8) is 0 Å². The maximum Gasteiger partial charge on any atom is 0.278 e. The molecule has 0 saturated heterocycles. The van der Waals surface area contributed by atoms with Gasteiger partial charge < -0.3 is 10.3 Å². The Kier molecular flexibility index (Phi) is 6.23. The minimum absolute atomic E-state index is 0.0688. The molecule has 0 aliphatic carbocycles. The highest BCUT2D eigenvalue weighted by molar-refractivity contribution is 7.99. The number of hydrogen-bond donors (Lipinski definition) is 2. The minimum atomic E-state index is -0.245. The van der Waals surface area contributed by atoms with Gasteiger partial charge in [-0.1, -0.05) is 54.2 Å². The number of carbonyl (C=O) groups excluding carboxylic acids is 2. The van der Waals surface area contributed by atoms with E-state index in [9.17, 15) is 14.4 Å². The number of nitrogens with one attached hydrogen (secondary N) is 2. The van der Waals surface area contributed by atoms with Crippen LogP contribution in [-0.4, -0.2) is 32.0 Å². The maximum absolute atomic E-state index is 13.0. The molecule has 0 aliphatic heterocycles. The van der Waals surface area contributed by atoms with E-state index in [4.69, 9.17) is 4.98 Å². The number of anilines is 1. The molecule has 2 aromatic carbocycles. The molecular formula is C24H22N4O3S. The number of aromatic nitrogens is 3. The molecule has 0 saturated carbocycles. The van der Waals surface area contributed by atoms with Crippen molar-refractivity contribution in [1.29, 1.82) is 0 Å². The highest BCUT2D eigenvalue weighted by Crippen LogP contribution is 2.27. The van der Waals surface area contributed by atoms with E-state index in [-0.39, 0.29) is 23.0 Å². The van der Waals surface area contributed by atoms with E-state index in [1.54, 1.807) is 35.0 Å². The summed E-state index contributed by atoms with van der Waals surface area (Å²) in [5, 5.41) is 3.28. The van der Waals surface area contributed by atoms with Crippen molar-refractivity contribution < 1.29 is 9.59 Å². The normalized spacial score (nSPS) is 10.9. The van der Waals surface area contributed by atoms with Gasteiger partial charge in [0.05, 0.1) is 5.75 Å². The van der Waals surface area contributed by atoms with Crippen LogP contribution in [0.4, 0.5) is 5.69 Å². The lowest BCUT2D eigenvalue weighted by Crippen LogP contribution is -2.23. The Bertz CT molecular complexity index is 1360. The van der Waals surface area contributed by atoms with Crippen LogP contribution in [0.5, 0.6) is 0 Å². The van der Waals surface area contributed by atoms with E-state index in [1.807, 2.05) is 37.3 Å². The molecule has 0 fully saturated rings. The Balaban J connectivity index is 1.59. The van der Waals surface area contributed by atoms with Crippen LogP contribution in [0, 0.1) is 0 Å². The average Bonchev–Trinajstić information content (AvgIpc) is 3.23. The smallest absolute Gasteiger partial charge is 0.278 e. The summed E-state index contributed by atoms with van der Waals surface area (Å²) in [5.41, 5.74) is 3.74. The van der Waals surface area contributed by atoms with Crippen molar-refractivity contribution in [2.45, 2.75) is 25.5 Å². The molecule has 0 bridgehead atoms. The number of rotatable bonds is 7. The lowest BCUT2D eigenvalue weighted by atomic mass is 10.1. The van der Waals surface area contributed by atoms with Gasteiger partial charge in [0.25, 0.3) is 5.56 Å². The third-order valence-electron chi connectivity index (χ3n) is 5.04. The lowest BCUT2D eigenvalue weighted by molar-refractivity contribution is -0.113. The number of hydrogen-bond acceptors (Lipinski definition) is 5. The lowest BCUT2D eigenvalue weighted by Gasteiger charge is -2.11. The second-order valence-electron chi connectivity index (χ2n) is 7.21. The van der Waals surface area contributed by atoms with Crippen molar-refractivity contribution in [3.05, 3.63) is 76.7 Å². The molecule has 1 amide bonds. The van der Waals surface area contributed by atoms with Gasteiger partial charge in [-0.2, -0.15) is 0 Å². The van der Waals surface area contributed by atoms with Gasteiger partial charge in [0.15, 0.2) is 10.9 Å². The van der Waals surface area contributed by atoms with Gasteiger partial charge in [-0.05, 0) is 31.5 Å². The third kappa shape index (κ3) is 4.36. The summed E-state index contributed by atoms with van der Waals surface area (Å²) in [6.45, 7) is 3.78. The Hall–Kier alpha value is -3.65. The molecule has 7 nitrogen and oxygen atoms in total. The molecule has 0 aliphatic rings. The van der Waals surface area contributed by atoms with Crippen LogP contribution in [0.1, 0.15) is 24.2 Å². The summed E-state index contributed by atoms with van der Waals surface area (Å²) < 4.78 is 1.56. The molecule has 0 spiro atoms. The zero-order chi connectivity index (χ0) is 22.7. The fraction of sp³-hybridized carbons (Fsp3) is 0.167. The highest BCUT2D eigenvalue weighted by atomic mass is 32.2. The van der Waals surface area contributed by atoms with Gasteiger partial charge in [-0.3, -0.25) is 19.0 Å². The van der Waals surface area contributed by atoms with E-state index < -0.39 is 0 Å². The van der Waals surface area contributed by atoms with Gasteiger partial charge in [-0.25, -0.2) is 4.98 Å². The largest absolute Gasteiger partial charge is 0.355 e. The molecule has 0 atom stereocenters. The average molecular weight is 447 g/mol.